The Labute approximate surface area is 241 Å². The van der Waals surface area contributed by atoms with E-state index in [1.807, 2.05) is 0 Å². The van der Waals surface area contributed by atoms with Crippen LogP contribution in [0.5, 0.6) is 0 Å². The molecule has 2 aliphatic heterocycles. The molecule has 226 valence electrons. The van der Waals surface area contributed by atoms with Gasteiger partial charge in [0.05, 0.1) is 6.04 Å². The van der Waals surface area contributed by atoms with E-state index in [0.717, 1.165) is 70.9 Å². The average Bonchev–Trinajstić information content (AvgIpc) is 3.15. The number of hydrogen-bond acceptors (Lipinski definition) is 7. The Bertz CT molecular complexity index is 962. The lowest BCUT2D eigenvalue weighted by Crippen LogP contribution is -2.64. The summed E-state index contributed by atoms with van der Waals surface area (Å²) < 4.78 is 11.9. The zero-order valence-corrected chi connectivity index (χ0v) is 25.5. The maximum absolute atomic E-state index is 12.5. The molecule has 40 heavy (non-hydrogen) atoms. The highest BCUT2D eigenvalue weighted by Gasteiger charge is 2.71. The van der Waals surface area contributed by atoms with Crippen LogP contribution in [-0.4, -0.2) is 77.0 Å². The Kier molecular flexibility index (Phi) is 7.83. The predicted molar refractivity (Wildman–Crippen MR) is 153 cm³/mol. The van der Waals surface area contributed by atoms with Crippen molar-refractivity contribution in [2.75, 3.05) is 26.2 Å². The number of fused-ring (bicyclic) bond motifs is 5. The lowest BCUT2D eigenvalue weighted by Gasteiger charge is -2.64. The Balaban J connectivity index is 1.35. The van der Waals surface area contributed by atoms with Crippen LogP contribution in [0.2, 0.25) is 0 Å². The molecule has 0 radical (unpaired) electrons. The van der Waals surface area contributed by atoms with Gasteiger partial charge in [-0.2, -0.15) is 0 Å². The number of aliphatic hydroxyl groups is 1. The Morgan fingerprint density at radius 3 is 2.02 bits per heavy atom. The molecule has 2 saturated heterocycles. The first kappa shape index (κ1) is 28.9. The van der Waals surface area contributed by atoms with E-state index in [2.05, 4.69) is 23.6 Å². The molecular weight excluding hydrogens is 504 g/mol. The van der Waals surface area contributed by atoms with Crippen molar-refractivity contribution in [3.63, 3.8) is 0 Å². The molecule has 4 saturated carbocycles. The van der Waals surface area contributed by atoms with Crippen LogP contribution in [0.3, 0.4) is 0 Å². The number of esters is 2. The third-order valence-electron chi connectivity index (χ3n) is 13.1. The summed E-state index contributed by atoms with van der Waals surface area (Å²) >= 11 is 0. The molecular formula is C33H54N2O5. The lowest BCUT2D eigenvalue weighted by molar-refractivity contribution is -0.285. The zero-order valence-electron chi connectivity index (χ0n) is 25.5. The second-order valence-corrected chi connectivity index (χ2v) is 15.0. The van der Waals surface area contributed by atoms with Gasteiger partial charge >= 0.3 is 11.9 Å². The molecule has 7 nitrogen and oxygen atoms in total. The summed E-state index contributed by atoms with van der Waals surface area (Å²) in [6.07, 6.45) is 14.5. The normalized spacial score (nSPS) is 48.0. The van der Waals surface area contributed by atoms with Crippen LogP contribution >= 0.6 is 0 Å². The Hall–Kier alpha value is -1.18. The van der Waals surface area contributed by atoms with Crippen molar-refractivity contribution in [2.24, 2.45) is 34.5 Å². The molecule has 6 rings (SSSR count). The van der Waals surface area contributed by atoms with Gasteiger partial charge in [-0.25, -0.2) is 0 Å². The molecule has 4 aliphatic carbocycles. The molecule has 6 aliphatic rings. The van der Waals surface area contributed by atoms with E-state index in [9.17, 15) is 14.7 Å². The van der Waals surface area contributed by atoms with Crippen molar-refractivity contribution in [3.05, 3.63) is 0 Å². The van der Waals surface area contributed by atoms with Crippen molar-refractivity contribution in [3.8, 4) is 0 Å². The van der Waals surface area contributed by atoms with Crippen LogP contribution in [-0.2, 0) is 19.1 Å². The van der Waals surface area contributed by atoms with Gasteiger partial charge in [0, 0.05) is 25.3 Å². The minimum Gasteiger partial charge on any atom is -0.463 e. The smallest absolute Gasteiger partial charge is 0.305 e. The maximum atomic E-state index is 12.5. The predicted octanol–water partition coefficient (Wildman–Crippen LogP) is 5.14. The first-order chi connectivity index (χ1) is 19.1. The molecule has 0 aromatic carbocycles. The summed E-state index contributed by atoms with van der Waals surface area (Å²) in [6, 6.07) is 0.368. The maximum Gasteiger partial charge on any atom is 0.305 e. The van der Waals surface area contributed by atoms with Crippen molar-refractivity contribution >= 4 is 11.9 Å². The zero-order chi connectivity index (χ0) is 28.3. The van der Waals surface area contributed by atoms with Crippen LogP contribution in [0.4, 0.5) is 0 Å². The fourth-order valence-electron chi connectivity index (χ4n) is 11.3. The number of hydrogen-bond donors (Lipinski definition) is 1. The van der Waals surface area contributed by atoms with E-state index < -0.39 is 11.2 Å². The van der Waals surface area contributed by atoms with E-state index >= 15 is 0 Å². The van der Waals surface area contributed by atoms with E-state index in [4.69, 9.17) is 9.47 Å². The van der Waals surface area contributed by atoms with Gasteiger partial charge in [0.1, 0.15) is 6.10 Å². The fraction of sp³-hybridized carbons (Fsp3) is 0.939. The number of carbonyl (C=O) groups is 2. The van der Waals surface area contributed by atoms with Gasteiger partial charge in [-0.1, -0.05) is 26.7 Å². The Morgan fingerprint density at radius 2 is 1.40 bits per heavy atom. The molecule has 0 amide bonds. The molecule has 2 heterocycles. The summed E-state index contributed by atoms with van der Waals surface area (Å²) in [7, 11) is 0. The molecule has 0 aromatic rings. The van der Waals surface area contributed by atoms with E-state index in [1.54, 1.807) is 6.92 Å². The number of piperidine rings is 2. The van der Waals surface area contributed by atoms with Gasteiger partial charge in [0.25, 0.3) is 0 Å². The average molecular weight is 559 g/mol. The lowest BCUT2D eigenvalue weighted by atomic mass is 9.43. The van der Waals surface area contributed by atoms with Crippen molar-refractivity contribution < 1.29 is 24.2 Å². The van der Waals surface area contributed by atoms with Crippen molar-refractivity contribution in [1.29, 1.82) is 0 Å². The van der Waals surface area contributed by atoms with Crippen LogP contribution in [0.15, 0.2) is 0 Å². The molecule has 0 spiro atoms. The molecule has 1 N–H and O–H groups in total. The molecule has 6 fully saturated rings. The second-order valence-electron chi connectivity index (χ2n) is 15.0. The van der Waals surface area contributed by atoms with Crippen molar-refractivity contribution in [2.45, 2.75) is 135 Å². The second kappa shape index (κ2) is 10.8. The largest absolute Gasteiger partial charge is 0.463 e. The summed E-state index contributed by atoms with van der Waals surface area (Å²) in [5.41, 5.74) is -0.238. The molecule has 10 atom stereocenters. The van der Waals surface area contributed by atoms with Gasteiger partial charge in [-0.3, -0.25) is 14.5 Å². The minimum atomic E-state index is -1.43. The third kappa shape index (κ3) is 4.65. The van der Waals surface area contributed by atoms with Crippen molar-refractivity contribution in [1.82, 2.24) is 9.80 Å². The van der Waals surface area contributed by atoms with E-state index in [-0.39, 0.29) is 29.5 Å². The number of nitrogens with zero attached hydrogens (tertiary/aromatic N) is 2. The number of rotatable bonds is 4. The molecule has 0 aromatic heterocycles. The number of likely N-dealkylation sites (tertiary alicyclic amines) is 2. The standard InChI is InChI=1S/C33H54N2O5/c1-22(36)39-24-11-13-31(3)26-12-14-32(4)27(25(26)20-29(28(31)19-24)34-15-7-5-8-16-34)21-30(33(32,38)40-23(2)37)35-17-9-6-10-18-35/h24-30,38H,5-21H2,1-4H3/t24?,25-,26-,27+,28?,29?,30?,31-,32+,33?/m1/s1. The number of ether oxygens (including phenoxy) is 2. The highest BCUT2D eigenvalue weighted by Crippen LogP contribution is 2.69. The molecule has 5 unspecified atom stereocenters. The quantitative estimate of drug-likeness (QED) is 0.378. The van der Waals surface area contributed by atoms with Gasteiger partial charge in [0.15, 0.2) is 0 Å². The van der Waals surface area contributed by atoms with Crippen LogP contribution in [0.1, 0.15) is 111 Å². The monoisotopic (exact) mass is 558 g/mol. The topological polar surface area (TPSA) is 79.3 Å². The summed E-state index contributed by atoms with van der Waals surface area (Å²) in [6.45, 7) is 12.1. The highest BCUT2D eigenvalue weighted by molar-refractivity contribution is 5.67. The Morgan fingerprint density at radius 1 is 0.750 bits per heavy atom. The highest BCUT2D eigenvalue weighted by atomic mass is 16.7. The summed E-state index contributed by atoms with van der Waals surface area (Å²) in [5, 5.41) is 12.5. The van der Waals surface area contributed by atoms with Gasteiger partial charge in [0.2, 0.25) is 5.79 Å². The first-order valence-corrected chi connectivity index (χ1v) is 16.6. The van der Waals surface area contributed by atoms with Gasteiger partial charge in [-0.15, -0.1) is 0 Å². The third-order valence-corrected chi connectivity index (χ3v) is 13.1. The molecule has 0 bridgehead atoms. The fourth-order valence-corrected chi connectivity index (χ4v) is 11.3. The molecule has 7 heteroatoms. The van der Waals surface area contributed by atoms with E-state index in [1.165, 1.54) is 45.7 Å². The summed E-state index contributed by atoms with van der Waals surface area (Å²) in [4.78, 5) is 29.7. The van der Waals surface area contributed by atoms with Crippen LogP contribution < -0.4 is 0 Å². The van der Waals surface area contributed by atoms with Gasteiger partial charge < -0.3 is 19.5 Å². The minimum absolute atomic E-state index is 0.0392. The van der Waals surface area contributed by atoms with Gasteiger partial charge in [-0.05, 0) is 126 Å². The van der Waals surface area contributed by atoms with E-state index in [0.29, 0.717) is 29.7 Å². The summed E-state index contributed by atoms with van der Waals surface area (Å²) in [5.74, 6) is 0.0197. The SMILES string of the molecule is CC(=O)OC1CC[C@@]2(C)C(C1)C(N1CCCCC1)C[C@@H]1[C@H]2CC[C@@]2(C)[C@H]1CC(N1CCCCC1)C2(O)OC(C)=O. The van der Waals surface area contributed by atoms with Crippen LogP contribution in [0.25, 0.3) is 0 Å². The first-order valence-electron chi connectivity index (χ1n) is 16.6. The van der Waals surface area contributed by atoms with Crippen LogP contribution in [0, 0.1) is 34.5 Å². The number of carbonyl (C=O) groups excluding carboxylic acids is 2.